The quantitative estimate of drug-likeness (QED) is 0.882. The highest BCUT2D eigenvalue weighted by molar-refractivity contribution is 5.78. The van der Waals surface area contributed by atoms with Gasteiger partial charge in [-0.2, -0.15) is 0 Å². The molecule has 2 aromatic rings. The van der Waals surface area contributed by atoms with Crippen LogP contribution >= 0.6 is 0 Å². The maximum absolute atomic E-state index is 13.4. The van der Waals surface area contributed by atoms with Crippen LogP contribution in [0.3, 0.4) is 0 Å². The number of benzene rings is 2. The molecule has 1 saturated carbocycles. The van der Waals surface area contributed by atoms with Crippen LogP contribution < -0.4 is 5.32 Å². The summed E-state index contributed by atoms with van der Waals surface area (Å²) in [6, 6.07) is 14.3. The van der Waals surface area contributed by atoms with Gasteiger partial charge >= 0.3 is 0 Å². The zero-order valence-corrected chi connectivity index (χ0v) is 14.0. The fraction of sp³-hybridized carbons (Fsp3) is 0.350. The molecule has 1 atom stereocenters. The molecule has 1 aliphatic rings. The molecule has 0 saturated heterocycles. The van der Waals surface area contributed by atoms with Crippen molar-refractivity contribution in [1.29, 1.82) is 0 Å². The number of carbonyl (C=O) groups is 1. The van der Waals surface area contributed by atoms with E-state index < -0.39 is 11.6 Å². The lowest BCUT2D eigenvalue weighted by atomic mass is 9.88. The number of aromatic hydroxyl groups is 1. The molecule has 1 fully saturated rings. The number of hydrogen-bond donors (Lipinski definition) is 2. The average molecular weight is 327 g/mol. The van der Waals surface area contributed by atoms with Crippen molar-refractivity contribution >= 4 is 5.91 Å². The molecule has 3 rings (SSSR count). The summed E-state index contributed by atoms with van der Waals surface area (Å²) in [5.74, 6) is -1.25. The van der Waals surface area contributed by atoms with Crippen LogP contribution in [0.2, 0.25) is 0 Å². The summed E-state index contributed by atoms with van der Waals surface area (Å²) < 4.78 is 13.4. The average Bonchev–Trinajstić information content (AvgIpc) is 3.13. The maximum atomic E-state index is 13.4. The summed E-state index contributed by atoms with van der Waals surface area (Å²) in [5.41, 5.74) is 1.90. The third kappa shape index (κ3) is 3.01. The van der Waals surface area contributed by atoms with Gasteiger partial charge in [-0.25, -0.2) is 4.39 Å². The van der Waals surface area contributed by atoms with Gasteiger partial charge in [0.05, 0.1) is 6.42 Å². The van der Waals surface area contributed by atoms with Crippen LogP contribution in [-0.2, 0) is 16.6 Å². The third-order valence-corrected chi connectivity index (χ3v) is 5.20. The van der Waals surface area contributed by atoms with E-state index in [0.29, 0.717) is 12.1 Å². The van der Waals surface area contributed by atoms with Gasteiger partial charge in [0.1, 0.15) is 0 Å². The number of rotatable bonds is 5. The van der Waals surface area contributed by atoms with Gasteiger partial charge in [-0.1, -0.05) is 50.2 Å². The molecule has 2 aromatic carbocycles. The van der Waals surface area contributed by atoms with E-state index >= 15 is 0 Å². The van der Waals surface area contributed by atoms with Crippen molar-refractivity contribution in [1.82, 2.24) is 5.32 Å². The van der Waals surface area contributed by atoms with Crippen molar-refractivity contribution in [3.63, 3.8) is 0 Å². The van der Waals surface area contributed by atoms with Crippen molar-refractivity contribution in [2.45, 2.75) is 32.1 Å². The largest absolute Gasteiger partial charge is 0.505 e. The zero-order chi connectivity index (χ0) is 17.4. The first-order chi connectivity index (χ1) is 11.3. The summed E-state index contributed by atoms with van der Waals surface area (Å²) in [6.07, 6.45) is 1.13. The summed E-state index contributed by atoms with van der Waals surface area (Å²) in [5, 5.41) is 12.2. The molecular formula is C20H22FNO2. The minimum Gasteiger partial charge on any atom is -0.505 e. The molecule has 1 amide bonds. The van der Waals surface area contributed by atoms with Crippen LogP contribution in [0.15, 0.2) is 48.5 Å². The SMILES string of the molecule is CC1(C)CC1(CNC(=O)Cc1ccc(O)c(F)c1)c1ccccc1. The third-order valence-electron chi connectivity index (χ3n) is 5.20. The monoisotopic (exact) mass is 327 g/mol. The molecule has 1 aliphatic carbocycles. The Kier molecular flexibility index (Phi) is 4.08. The normalized spacial score (nSPS) is 21.3. The fourth-order valence-electron chi connectivity index (χ4n) is 3.52. The standard InChI is InChI=1S/C20H22FNO2/c1-19(2)12-20(19,15-6-4-3-5-7-15)13-22-18(24)11-14-8-9-17(23)16(21)10-14/h3-10,23H,11-13H2,1-2H3,(H,22,24). The smallest absolute Gasteiger partial charge is 0.224 e. The van der Waals surface area contributed by atoms with Gasteiger partial charge in [0.2, 0.25) is 5.91 Å². The van der Waals surface area contributed by atoms with Crippen LogP contribution in [-0.4, -0.2) is 17.6 Å². The second kappa shape index (κ2) is 5.93. The summed E-state index contributed by atoms with van der Waals surface area (Å²) >= 11 is 0. The molecule has 24 heavy (non-hydrogen) atoms. The topological polar surface area (TPSA) is 49.3 Å². The lowest BCUT2D eigenvalue weighted by Gasteiger charge is -2.22. The van der Waals surface area contributed by atoms with E-state index in [2.05, 4.69) is 31.3 Å². The van der Waals surface area contributed by atoms with Crippen molar-refractivity contribution in [3.05, 3.63) is 65.5 Å². The molecule has 0 aliphatic heterocycles. The molecule has 1 unspecified atom stereocenters. The van der Waals surface area contributed by atoms with Gasteiger partial charge in [-0.05, 0) is 35.1 Å². The summed E-state index contributed by atoms with van der Waals surface area (Å²) in [6.45, 7) is 4.99. The predicted molar refractivity (Wildman–Crippen MR) is 91.3 cm³/mol. The van der Waals surface area contributed by atoms with E-state index in [1.807, 2.05) is 18.2 Å². The highest BCUT2D eigenvalue weighted by Crippen LogP contribution is 2.63. The molecule has 3 nitrogen and oxygen atoms in total. The van der Waals surface area contributed by atoms with Crippen molar-refractivity contribution in [2.24, 2.45) is 5.41 Å². The van der Waals surface area contributed by atoms with Gasteiger partial charge in [0, 0.05) is 12.0 Å². The van der Waals surface area contributed by atoms with Crippen LogP contribution in [0.5, 0.6) is 5.75 Å². The Morgan fingerprint density at radius 1 is 1.21 bits per heavy atom. The first kappa shape index (κ1) is 16.5. The van der Waals surface area contributed by atoms with Crippen LogP contribution in [0.25, 0.3) is 0 Å². The molecular weight excluding hydrogens is 305 g/mol. The van der Waals surface area contributed by atoms with Gasteiger partial charge in [0.15, 0.2) is 11.6 Å². The van der Waals surface area contributed by atoms with Crippen molar-refractivity contribution in [2.75, 3.05) is 6.54 Å². The Morgan fingerprint density at radius 3 is 2.46 bits per heavy atom. The molecule has 4 heteroatoms. The first-order valence-corrected chi connectivity index (χ1v) is 8.14. The van der Waals surface area contributed by atoms with Crippen LogP contribution in [0.4, 0.5) is 4.39 Å². The van der Waals surface area contributed by atoms with E-state index in [0.717, 1.165) is 6.42 Å². The number of halogens is 1. The lowest BCUT2D eigenvalue weighted by molar-refractivity contribution is -0.120. The van der Waals surface area contributed by atoms with E-state index in [1.54, 1.807) is 6.07 Å². The Labute approximate surface area is 141 Å². The molecule has 2 N–H and O–H groups in total. The minimum atomic E-state index is -0.704. The highest BCUT2D eigenvalue weighted by atomic mass is 19.1. The maximum Gasteiger partial charge on any atom is 0.224 e. The first-order valence-electron chi connectivity index (χ1n) is 8.14. The van der Waals surface area contributed by atoms with E-state index in [-0.39, 0.29) is 23.2 Å². The van der Waals surface area contributed by atoms with E-state index in [9.17, 15) is 14.3 Å². The van der Waals surface area contributed by atoms with Gasteiger partial charge in [-0.15, -0.1) is 0 Å². The number of phenols is 1. The molecule has 0 heterocycles. The summed E-state index contributed by atoms with van der Waals surface area (Å²) in [7, 11) is 0. The zero-order valence-electron chi connectivity index (χ0n) is 14.0. The van der Waals surface area contributed by atoms with Gasteiger partial charge in [0.25, 0.3) is 0 Å². The van der Waals surface area contributed by atoms with Crippen molar-refractivity contribution < 1.29 is 14.3 Å². The number of carbonyl (C=O) groups excluding carboxylic acids is 1. The van der Waals surface area contributed by atoms with Crippen LogP contribution in [0.1, 0.15) is 31.4 Å². The van der Waals surface area contributed by atoms with Gasteiger partial charge < -0.3 is 10.4 Å². The number of amides is 1. The van der Waals surface area contributed by atoms with E-state index in [1.165, 1.54) is 17.7 Å². The molecule has 0 bridgehead atoms. The lowest BCUT2D eigenvalue weighted by Crippen LogP contribution is -2.35. The second-order valence-corrected chi connectivity index (χ2v) is 7.25. The Bertz CT molecular complexity index is 757. The molecule has 126 valence electrons. The number of phenolic OH excluding ortho intramolecular Hbond substituents is 1. The Balaban J connectivity index is 1.66. The number of nitrogens with one attached hydrogen (secondary N) is 1. The molecule has 0 spiro atoms. The van der Waals surface area contributed by atoms with E-state index in [4.69, 9.17) is 0 Å². The van der Waals surface area contributed by atoms with Crippen molar-refractivity contribution in [3.8, 4) is 5.75 Å². The predicted octanol–water partition coefficient (Wildman–Crippen LogP) is 3.56. The number of hydrogen-bond acceptors (Lipinski definition) is 2. The van der Waals surface area contributed by atoms with Crippen LogP contribution in [0, 0.1) is 11.2 Å². The second-order valence-electron chi connectivity index (χ2n) is 7.25. The Morgan fingerprint density at radius 2 is 1.88 bits per heavy atom. The molecule has 0 aromatic heterocycles. The molecule has 0 radical (unpaired) electrons. The minimum absolute atomic E-state index is 0.0376. The fourth-order valence-corrected chi connectivity index (χ4v) is 3.52. The Hall–Kier alpha value is -2.36. The van der Waals surface area contributed by atoms with Gasteiger partial charge in [-0.3, -0.25) is 4.79 Å². The summed E-state index contributed by atoms with van der Waals surface area (Å²) in [4.78, 5) is 12.2. The highest BCUT2D eigenvalue weighted by Gasteiger charge is 2.61.